The zero-order chi connectivity index (χ0) is 20.3. The lowest BCUT2D eigenvalue weighted by Crippen LogP contribution is -2.22. The van der Waals surface area contributed by atoms with Crippen molar-refractivity contribution in [3.8, 4) is 5.69 Å². The van der Waals surface area contributed by atoms with Crippen LogP contribution in [0.2, 0.25) is 5.02 Å². The molecule has 0 saturated carbocycles. The maximum atomic E-state index is 12.5. The van der Waals surface area contributed by atoms with E-state index in [2.05, 4.69) is 10.4 Å². The third-order valence-corrected chi connectivity index (χ3v) is 4.25. The van der Waals surface area contributed by atoms with Crippen molar-refractivity contribution < 1.29 is 9.85 Å². The second-order valence-corrected chi connectivity index (χ2v) is 5.98. The minimum absolute atomic E-state index is 0.0571. The average molecular weight is 402 g/mol. The molecule has 1 heterocycles. The van der Waals surface area contributed by atoms with Crippen molar-refractivity contribution in [2.75, 3.05) is 5.32 Å². The van der Waals surface area contributed by atoms with Gasteiger partial charge in [0, 0.05) is 30.3 Å². The molecule has 0 amide bonds. The summed E-state index contributed by atoms with van der Waals surface area (Å²) < 4.78 is 1.00. The summed E-state index contributed by atoms with van der Waals surface area (Å²) in [5.41, 5.74) is 0.126. The van der Waals surface area contributed by atoms with Crippen molar-refractivity contribution in [3.05, 3.63) is 95.9 Å². The number of hydrogen-bond donors (Lipinski definition) is 1. The third kappa shape index (κ3) is 3.81. The Bertz CT molecular complexity index is 1110. The molecule has 28 heavy (non-hydrogen) atoms. The van der Waals surface area contributed by atoms with Gasteiger partial charge in [-0.15, -0.1) is 0 Å². The van der Waals surface area contributed by atoms with Crippen LogP contribution in [0.3, 0.4) is 0 Å². The van der Waals surface area contributed by atoms with E-state index >= 15 is 0 Å². The van der Waals surface area contributed by atoms with Gasteiger partial charge in [0.05, 0.1) is 27.4 Å². The van der Waals surface area contributed by atoms with E-state index in [1.165, 1.54) is 36.5 Å². The van der Waals surface area contributed by atoms with Crippen LogP contribution >= 0.6 is 11.6 Å². The quantitative estimate of drug-likeness (QED) is 0.494. The number of hydrogen-bond acceptors (Lipinski definition) is 7. The SMILES string of the molecule is O=c1c(Cl)c(NCc2ccccc2[N+](=O)[O-])cnn1-c1ccc([N+](=O)[O-])cc1. The molecule has 3 aromatic rings. The topological polar surface area (TPSA) is 133 Å². The van der Waals surface area contributed by atoms with Crippen LogP contribution in [0.5, 0.6) is 0 Å². The number of nitro benzene ring substituents is 2. The first-order chi connectivity index (χ1) is 13.4. The molecule has 0 aliphatic heterocycles. The van der Waals surface area contributed by atoms with Gasteiger partial charge in [0.1, 0.15) is 5.02 Å². The van der Waals surface area contributed by atoms with Gasteiger partial charge in [0.25, 0.3) is 16.9 Å². The molecule has 1 N–H and O–H groups in total. The molecule has 0 aliphatic rings. The molecule has 0 bridgehead atoms. The summed E-state index contributed by atoms with van der Waals surface area (Å²) in [7, 11) is 0. The lowest BCUT2D eigenvalue weighted by molar-refractivity contribution is -0.385. The fourth-order valence-corrected chi connectivity index (χ4v) is 2.68. The number of nitro groups is 2. The van der Waals surface area contributed by atoms with Crippen LogP contribution < -0.4 is 10.9 Å². The Kier molecular flexibility index (Phi) is 5.32. The van der Waals surface area contributed by atoms with Crippen LogP contribution in [0.4, 0.5) is 17.1 Å². The lowest BCUT2D eigenvalue weighted by Gasteiger charge is -2.10. The van der Waals surface area contributed by atoms with E-state index in [1.807, 2.05) is 0 Å². The van der Waals surface area contributed by atoms with Gasteiger partial charge in [-0.1, -0.05) is 29.8 Å². The number of aromatic nitrogens is 2. The average Bonchev–Trinajstić information content (AvgIpc) is 2.69. The number of para-hydroxylation sites is 1. The van der Waals surface area contributed by atoms with Crippen LogP contribution in [-0.2, 0) is 6.54 Å². The van der Waals surface area contributed by atoms with Crippen LogP contribution in [0, 0.1) is 20.2 Å². The minimum atomic E-state index is -0.636. The highest BCUT2D eigenvalue weighted by Crippen LogP contribution is 2.22. The minimum Gasteiger partial charge on any atom is -0.378 e. The van der Waals surface area contributed by atoms with E-state index in [9.17, 15) is 25.0 Å². The monoisotopic (exact) mass is 401 g/mol. The summed E-state index contributed by atoms with van der Waals surface area (Å²) in [4.78, 5) is 33.2. The van der Waals surface area contributed by atoms with E-state index in [-0.39, 0.29) is 28.6 Å². The number of anilines is 1. The van der Waals surface area contributed by atoms with Gasteiger partial charge in [0.2, 0.25) is 0 Å². The summed E-state index contributed by atoms with van der Waals surface area (Å²) in [6, 6.07) is 11.4. The molecule has 0 atom stereocenters. The molecule has 11 heteroatoms. The normalized spacial score (nSPS) is 10.5. The third-order valence-electron chi connectivity index (χ3n) is 3.88. The molecule has 2 aromatic carbocycles. The van der Waals surface area contributed by atoms with Crippen molar-refractivity contribution in [2.45, 2.75) is 6.54 Å². The first-order valence-corrected chi connectivity index (χ1v) is 8.25. The van der Waals surface area contributed by atoms with Crippen LogP contribution in [0.25, 0.3) is 5.69 Å². The summed E-state index contributed by atoms with van der Waals surface area (Å²) >= 11 is 6.12. The summed E-state index contributed by atoms with van der Waals surface area (Å²) in [5.74, 6) is 0. The first kappa shape index (κ1) is 19.0. The lowest BCUT2D eigenvalue weighted by atomic mass is 10.2. The molecule has 0 fully saturated rings. The van der Waals surface area contributed by atoms with Crippen LogP contribution in [-0.4, -0.2) is 19.6 Å². The second-order valence-electron chi connectivity index (χ2n) is 5.60. The molecular weight excluding hydrogens is 390 g/mol. The molecule has 3 rings (SSSR count). The van der Waals surface area contributed by atoms with E-state index in [1.54, 1.807) is 18.2 Å². The van der Waals surface area contributed by atoms with Gasteiger partial charge < -0.3 is 5.32 Å². The van der Waals surface area contributed by atoms with Crippen LogP contribution in [0.1, 0.15) is 5.56 Å². The largest absolute Gasteiger partial charge is 0.378 e. The van der Waals surface area contributed by atoms with Gasteiger partial charge in [-0.3, -0.25) is 25.0 Å². The maximum absolute atomic E-state index is 12.5. The molecule has 142 valence electrons. The van der Waals surface area contributed by atoms with Gasteiger partial charge >= 0.3 is 0 Å². The number of halogens is 1. The van der Waals surface area contributed by atoms with Crippen LogP contribution in [0.15, 0.2) is 59.5 Å². The van der Waals surface area contributed by atoms with Crippen molar-refractivity contribution in [1.29, 1.82) is 0 Å². The van der Waals surface area contributed by atoms with E-state index < -0.39 is 15.4 Å². The molecular formula is C17H12ClN5O5. The summed E-state index contributed by atoms with van der Waals surface area (Å²) in [6.07, 6.45) is 1.31. The molecule has 0 saturated heterocycles. The van der Waals surface area contributed by atoms with Gasteiger partial charge in [-0.2, -0.15) is 9.78 Å². The fourth-order valence-electron chi connectivity index (χ4n) is 2.48. The number of nitrogens with zero attached hydrogens (tertiary/aromatic N) is 4. The first-order valence-electron chi connectivity index (χ1n) is 7.87. The molecule has 1 aromatic heterocycles. The maximum Gasteiger partial charge on any atom is 0.292 e. The predicted octanol–water partition coefficient (Wildman–Crippen LogP) is 3.31. The number of non-ortho nitro benzene ring substituents is 1. The fraction of sp³-hybridized carbons (Fsp3) is 0.0588. The number of benzene rings is 2. The molecule has 0 unspecified atom stereocenters. The molecule has 0 spiro atoms. The Labute approximate surface area is 162 Å². The molecule has 10 nitrogen and oxygen atoms in total. The van der Waals surface area contributed by atoms with Crippen molar-refractivity contribution in [2.24, 2.45) is 0 Å². The van der Waals surface area contributed by atoms with Gasteiger partial charge in [-0.05, 0) is 12.1 Å². The highest BCUT2D eigenvalue weighted by atomic mass is 35.5. The zero-order valence-corrected chi connectivity index (χ0v) is 14.9. The van der Waals surface area contributed by atoms with Gasteiger partial charge in [0.15, 0.2) is 0 Å². The Morgan fingerprint density at radius 1 is 1.04 bits per heavy atom. The van der Waals surface area contributed by atoms with E-state index in [0.717, 1.165) is 4.68 Å². The standard InChI is InChI=1S/C17H12ClN5O5/c18-16-14(19-9-11-3-1-2-4-15(11)23(27)28)10-20-21(17(16)24)12-5-7-13(8-6-12)22(25)26/h1-8,10,19H,9H2. The summed E-state index contributed by atoms with van der Waals surface area (Å²) in [5, 5.41) is 28.5. The Morgan fingerprint density at radius 3 is 2.36 bits per heavy atom. The smallest absolute Gasteiger partial charge is 0.292 e. The Morgan fingerprint density at radius 2 is 1.71 bits per heavy atom. The molecule has 0 aliphatic carbocycles. The second kappa shape index (κ2) is 7.84. The Hall–Kier alpha value is -3.79. The van der Waals surface area contributed by atoms with E-state index in [4.69, 9.17) is 11.6 Å². The number of nitrogens with one attached hydrogen (secondary N) is 1. The van der Waals surface area contributed by atoms with Crippen molar-refractivity contribution in [3.63, 3.8) is 0 Å². The van der Waals surface area contributed by atoms with Gasteiger partial charge in [-0.25, -0.2) is 0 Å². The highest BCUT2D eigenvalue weighted by molar-refractivity contribution is 6.32. The van der Waals surface area contributed by atoms with Crippen molar-refractivity contribution in [1.82, 2.24) is 9.78 Å². The summed E-state index contributed by atoms with van der Waals surface area (Å²) in [6.45, 7) is 0.0690. The zero-order valence-electron chi connectivity index (χ0n) is 14.1. The highest BCUT2D eigenvalue weighted by Gasteiger charge is 2.15. The van der Waals surface area contributed by atoms with E-state index in [0.29, 0.717) is 11.3 Å². The number of rotatable bonds is 6. The van der Waals surface area contributed by atoms with Crippen molar-refractivity contribution >= 4 is 28.7 Å². The molecule has 0 radical (unpaired) electrons. The Balaban J connectivity index is 1.86. The predicted molar refractivity (Wildman–Crippen MR) is 102 cm³/mol.